The molecule has 5 atom stereocenters. The van der Waals surface area contributed by atoms with Crippen molar-refractivity contribution in [2.75, 3.05) is 13.1 Å². The first-order valence-corrected chi connectivity index (χ1v) is 20.6. The number of hydrogen-bond acceptors (Lipinski definition) is 10. The maximum Gasteiger partial charge on any atom is 0.308 e. The van der Waals surface area contributed by atoms with Gasteiger partial charge in [-0.2, -0.15) is 0 Å². The van der Waals surface area contributed by atoms with E-state index >= 15 is 0 Å². The predicted molar refractivity (Wildman–Crippen MR) is 232 cm³/mol. The number of benzene rings is 3. The summed E-state index contributed by atoms with van der Waals surface area (Å²) in [5.74, 6) is -5.29. The number of H-pyrrole nitrogens is 1. The van der Waals surface area contributed by atoms with Gasteiger partial charge in [0.1, 0.15) is 24.7 Å². The molecule has 0 spiro atoms. The zero-order valence-corrected chi connectivity index (χ0v) is 35.1. The monoisotopic (exact) mass is 854 g/mol. The van der Waals surface area contributed by atoms with Gasteiger partial charge < -0.3 is 52.9 Å². The number of fused-ring (bicyclic) bond motifs is 1. The van der Waals surface area contributed by atoms with Crippen LogP contribution in [0.5, 0.6) is 0 Å². The van der Waals surface area contributed by atoms with E-state index in [1.54, 1.807) is 60.8 Å². The first kappa shape index (κ1) is 48.1. The Morgan fingerprint density at radius 3 is 1.94 bits per heavy atom. The van der Waals surface area contributed by atoms with Crippen molar-refractivity contribution < 1.29 is 43.4 Å². The molecule has 62 heavy (non-hydrogen) atoms. The van der Waals surface area contributed by atoms with Gasteiger partial charge in [-0.3, -0.25) is 33.6 Å². The molecule has 0 bridgehead atoms. The summed E-state index contributed by atoms with van der Waals surface area (Å²) >= 11 is 0. The second-order valence-corrected chi connectivity index (χ2v) is 15.6. The van der Waals surface area contributed by atoms with Gasteiger partial charge >= 0.3 is 11.9 Å². The van der Waals surface area contributed by atoms with Gasteiger partial charge in [0, 0.05) is 55.5 Å². The van der Waals surface area contributed by atoms with E-state index in [0.29, 0.717) is 17.5 Å². The van der Waals surface area contributed by atoms with Crippen LogP contribution >= 0.6 is 0 Å². The van der Waals surface area contributed by atoms with Crippen LogP contribution in [-0.4, -0.2) is 94.9 Å². The second kappa shape index (κ2) is 24.6. The summed E-state index contributed by atoms with van der Waals surface area (Å²) in [6, 6.07) is 19.7. The highest BCUT2D eigenvalue weighted by Crippen LogP contribution is 2.20. The number of ether oxygens (including phenoxy) is 1. The molecule has 0 aliphatic carbocycles. The lowest BCUT2D eigenvalue weighted by molar-refractivity contribution is -0.147. The van der Waals surface area contributed by atoms with Crippen molar-refractivity contribution >= 4 is 52.4 Å². The number of nitrogens with one attached hydrogen (secondary N) is 6. The second-order valence-electron chi connectivity index (χ2n) is 15.6. The molecule has 0 radical (unpaired) electrons. The number of nitrogens with two attached hydrogens (primary N) is 2. The number of aromatic amines is 1. The summed E-state index contributed by atoms with van der Waals surface area (Å²) in [6.07, 6.45) is 0.964. The Labute approximate surface area is 360 Å². The number of carbonyl (C=O) groups excluding carboxylic acids is 6. The third-order valence-electron chi connectivity index (χ3n) is 9.93. The molecule has 17 nitrogen and oxygen atoms in total. The minimum atomic E-state index is -1.42. The topological polar surface area (TPSA) is 277 Å². The smallest absolute Gasteiger partial charge is 0.308 e. The lowest BCUT2D eigenvalue weighted by atomic mass is 10.0. The first-order valence-electron chi connectivity index (χ1n) is 20.6. The van der Waals surface area contributed by atoms with Gasteiger partial charge in [-0.15, -0.1) is 0 Å². The average Bonchev–Trinajstić information content (AvgIpc) is 3.65. The van der Waals surface area contributed by atoms with Crippen molar-refractivity contribution in [3.63, 3.8) is 0 Å². The Morgan fingerprint density at radius 2 is 1.29 bits per heavy atom. The molecule has 1 aromatic heterocycles. The van der Waals surface area contributed by atoms with E-state index in [0.717, 1.165) is 16.5 Å². The van der Waals surface area contributed by atoms with Gasteiger partial charge in [0.2, 0.25) is 29.5 Å². The number of rotatable bonds is 26. The number of esters is 1. The Bertz CT molecular complexity index is 2110. The number of aromatic nitrogens is 1. The van der Waals surface area contributed by atoms with E-state index in [2.05, 4.69) is 31.6 Å². The highest BCUT2D eigenvalue weighted by molar-refractivity contribution is 5.96. The Morgan fingerprint density at radius 1 is 0.710 bits per heavy atom. The zero-order valence-electron chi connectivity index (χ0n) is 35.1. The Balaban J connectivity index is 1.60. The molecule has 0 saturated carbocycles. The summed E-state index contributed by atoms with van der Waals surface area (Å²) < 4.78 is 5.46. The van der Waals surface area contributed by atoms with Crippen LogP contribution in [0.2, 0.25) is 0 Å². The number of amides is 5. The maximum atomic E-state index is 14.3. The summed E-state index contributed by atoms with van der Waals surface area (Å²) in [5, 5.41) is 23.6. The van der Waals surface area contributed by atoms with E-state index in [1.165, 1.54) is 0 Å². The first-order chi connectivity index (χ1) is 29.7. The van der Waals surface area contributed by atoms with Crippen molar-refractivity contribution in [2.24, 2.45) is 17.4 Å². The van der Waals surface area contributed by atoms with Crippen molar-refractivity contribution in [3.8, 4) is 0 Å². The van der Waals surface area contributed by atoms with Crippen LogP contribution in [0, 0.1) is 5.92 Å². The minimum absolute atomic E-state index is 0.0272. The molecule has 11 N–H and O–H groups in total. The van der Waals surface area contributed by atoms with E-state index in [9.17, 15) is 33.6 Å². The summed E-state index contributed by atoms with van der Waals surface area (Å²) in [7, 11) is 0. The molecular formula is C45H58N8O9. The normalized spacial score (nSPS) is 13.5. The molecular weight excluding hydrogens is 797 g/mol. The van der Waals surface area contributed by atoms with Crippen LogP contribution in [0.25, 0.3) is 10.9 Å². The predicted octanol–water partition coefficient (Wildman–Crippen LogP) is 1.73. The highest BCUT2D eigenvalue weighted by Gasteiger charge is 2.33. The van der Waals surface area contributed by atoms with E-state index < -0.39 is 72.1 Å². The van der Waals surface area contributed by atoms with Crippen LogP contribution in [0.4, 0.5) is 0 Å². The van der Waals surface area contributed by atoms with Gasteiger partial charge in [0.05, 0.1) is 18.9 Å². The van der Waals surface area contributed by atoms with Crippen LogP contribution in [0.1, 0.15) is 62.6 Å². The van der Waals surface area contributed by atoms with Crippen LogP contribution in [-0.2, 0) is 57.7 Å². The molecule has 0 saturated heterocycles. The van der Waals surface area contributed by atoms with Crippen LogP contribution in [0.15, 0.2) is 91.1 Å². The molecule has 0 aliphatic heterocycles. The van der Waals surface area contributed by atoms with Crippen molar-refractivity contribution in [2.45, 2.75) is 95.6 Å². The number of carboxylic acid groups (broad SMARTS) is 1. The van der Waals surface area contributed by atoms with Gasteiger partial charge in [0.25, 0.3) is 0 Å². The Hall–Kier alpha value is -6.59. The van der Waals surface area contributed by atoms with Crippen LogP contribution in [0.3, 0.4) is 0 Å². The molecule has 4 rings (SSSR count). The molecule has 332 valence electrons. The van der Waals surface area contributed by atoms with Crippen molar-refractivity contribution in [1.29, 1.82) is 0 Å². The molecule has 3 aromatic carbocycles. The van der Waals surface area contributed by atoms with Gasteiger partial charge in [0.15, 0.2) is 0 Å². The molecule has 0 fully saturated rings. The lowest BCUT2D eigenvalue weighted by Gasteiger charge is -2.27. The highest BCUT2D eigenvalue weighted by atomic mass is 16.5. The summed E-state index contributed by atoms with van der Waals surface area (Å²) in [4.78, 5) is 95.4. The average molecular weight is 855 g/mol. The fourth-order valence-corrected chi connectivity index (χ4v) is 6.78. The molecule has 0 aliphatic rings. The fourth-order valence-electron chi connectivity index (χ4n) is 6.78. The van der Waals surface area contributed by atoms with Crippen molar-refractivity contribution in [3.05, 3.63) is 108 Å². The number of aliphatic carboxylic acids is 1. The lowest BCUT2D eigenvalue weighted by Crippen LogP contribution is -2.59. The van der Waals surface area contributed by atoms with E-state index in [4.69, 9.17) is 21.3 Å². The van der Waals surface area contributed by atoms with Crippen molar-refractivity contribution in [1.82, 2.24) is 31.6 Å². The van der Waals surface area contributed by atoms with E-state index in [-0.39, 0.29) is 63.8 Å². The molecule has 5 amide bonds. The minimum Gasteiger partial charge on any atom is -0.481 e. The molecule has 17 heteroatoms. The number of carboxylic acids is 1. The fraction of sp³-hybridized carbons (Fsp3) is 0.400. The third-order valence-corrected chi connectivity index (χ3v) is 9.93. The third kappa shape index (κ3) is 16.5. The largest absolute Gasteiger partial charge is 0.481 e. The van der Waals surface area contributed by atoms with Crippen LogP contribution < -0.4 is 38.1 Å². The van der Waals surface area contributed by atoms with Gasteiger partial charge in [-0.05, 0) is 41.5 Å². The number of carbonyl (C=O) groups is 7. The SMILES string of the molecule is CC(C)C[C@H](N)CN[C@@H](CC(=O)OCc1ccccc1)C(=O)N[C@@H](CCC(N)=O)C(=O)N[C@@H](Cc1c[nH]c2ccccc12)C(=O)N[C@@H](Cc1ccccc1)C(=O)NCCC(=O)O. The maximum absolute atomic E-state index is 14.3. The summed E-state index contributed by atoms with van der Waals surface area (Å²) in [6.45, 7) is 3.94. The standard InChI is InChI=1S/C45H58N8O9/c1-28(2)21-32(46)26-50-36(24-41(57)62-27-30-13-7-4-8-14-30)44(60)51-35(17-18-39(47)54)43(59)53-38(23-31-25-49-34-16-10-9-15-33(31)34)45(61)52-37(22-29-11-5-3-6-12-29)42(58)48-20-19-40(55)56/h3-16,25,28,32,35-38,49-50H,17-24,26-27,46H2,1-2H3,(H2,47,54)(H,48,58)(H,51,60)(H,52,61)(H,53,59)(H,55,56)/t32-,35-,36-,37-,38-/m0/s1. The van der Waals surface area contributed by atoms with E-state index in [1.807, 2.05) is 44.2 Å². The summed E-state index contributed by atoms with van der Waals surface area (Å²) in [5.41, 5.74) is 14.7. The number of para-hydroxylation sites is 1. The molecule has 0 unspecified atom stereocenters. The van der Waals surface area contributed by atoms with Gasteiger partial charge in [-0.25, -0.2) is 0 Å². The zero-order chi connectivity index (χ0) is 45.0. The quantitative estimate of drug-likeness (QED) is 0.0411. The number of primary amides is 1. The molecule has 4 aromatic rings. The number of hydrogen-bond donors (Lipinski definition) is 9. The Kier molecular flexibility index (Phi) is 19.1. The molecule has 1 heterocycles. The van der Waals surface area contributed by atoms with Gasteiger partial charge in [-0.1, -0.05) is 92.7 Å².